The van der Waals surface area contributed by atoms with Crippen LogP contribution in [0.4, 0.5) is 0 Å². The van der Waals surface area contributed by atoms with Crippen LogP contribution in [0.2, 0.25) is 0 Å². The highest BCUT2D eigenvalue weighted by Crippen LogP contribution is 2.36. The van der Waals surface area contributed by atoms with Crippen molar-refractivity contribution in [2.24, 2.45) is 0 Å². The van der Waals surface area contributed by atoms with E-state index < -0.39 is 0 Å². The predicted octanol–water partition coefficient (Wildman–Crippen LogP) is 2.48. The molecule has 0 spiro atoms. The minimum Gasteiger partial charge on any atom is -0.497 e. The van der Waals surface area contributed by atoms with Gasteiger partial charge >= 0.3 is 0 Å². The number of rotatable bonds is 5. The van der Waals surface area contributed by atoms with Crippen molar-refractivity contribution in [3.8, 4) is 11.5 Å². The molecule has 0 bridgehead atoms. The van der Waals surface area contributed by atoms with Gasteiger partial charge < -0.3 is 14.8 Å². The van der Waals surface area contributed by atoms with Crippen LogP contribution in [0.5, 0.6) is 11.5 Å². The van der Waals surface area contributed by atoms with Gasteiger partial charge in [0, 0.05) is 37.5 Å². The highest BCUT2D eigenvalue weighted by atomic mass is 16.5. The molecular formula is C19H25N3O2. The van der Waals surface area contributed by atoms with Crippen LogP contribution in [-0.4, -0.2) is 50.3 Å². The Bertz CT molecular complexity index is 640. The summed E-state index contributed by atoms with van der Waals surface area (Å²) in [5, 5.41) is 3.47. The van der Waals surface area contributed by atoms with E-state index in [0.29, 0.717) is 0 Å². The first kappa shape index (κ1) is 16.7. The topological polar surface area (TPSA) is 46.6 Å². The number of methoxy groups -OCH3 is 2. The summed E-state index contributed by atoms with van der Waals surface area (Å²) in [4.78, 5) is 7.11. The highest BCUT2D eigenvalue weighted by Gasteiger charge is 2.27. The van der Waals surface area contributed by atoms with Gasteiger partial charge in [-0.05, 0) is 37.2 Å². The summed E-state index contributed by atoms with van der Waals surface area (Å²) >= 11 is 0. The van der Waals surface area contributed by atoms with E-state index in [1.807, 2.05) is 30.5 Å². The van der Waals surface area contributed by atoms with Crippen LogP contribution >= 0.6 is 0 Å². The van der Waals surface area contributed by atoms with Crippen LogP contribution in [0.25, 0.3) is 0 Å². The van der Waals surface area contributed by atoms with Gasteiger partial charge in [0.1, 0.15) is 11.5 Å². The summed E-state index contributed by atoms with van der Waals surface area (Å²) in [6.07, 6.45) is 2.98. The zero-order valence-corrected chi connectivity index (χ0v) is 14.4. The van der Waals surface area contributed by atoms with Crippen LogP contribution in [-0.2, 0) is 0 Å². The van der Waals surface area contributed by atoms with Gasteiger partial charge in [0.15, 0.2) is 0 Å². The summed E-state index contributed by atoms with van der Waals surface area (Å²) in [5.74, 6) is 1.63. The van der Waals surface area contributed by atoms with Gasteiger partial charge in [-0.1, -0.05) is 6.07 Å². The number of pyridine rings is 1. The summed E-state index contributed by atoms with van der Waals surface area (Å²) in [5.41, 5.74) is 2.17. The van der Waals surface area contributed by atoms with Gasteiger partial charge in [0.05, 0.1) is 26.0 Å². The Hall–Kier alpha value is -2.11. The molecule has 5 heteroatoms. The summed E-state index contributed by atoms with van der Waals surface area (Å²) in [7, 11) is 3.38. The van der Waals surface area contributed by atoms with Crippen molar-refractivity contribution in [1.82, 2.24) is 15.2 Å². The van der Waals surface area contributed by atoms with Crippen LogP contribution in [0.3, 0.4) is 0 Å². The molecule has 24 heavy (non-hydrogen) atoms. The molecule has 1 aromatic heterocycles. The molecule has 5 nitrogen and oxygen atoms in total. The molecule has 2 aromatic rings. The molecule has 1 unspecified atom stereocenters. The molecule has 0 saturated carbocycles. The average molecular weight is 327 g/mol. The van der Waals surface area contributed by atoms with Crippen molar-refractivity contribution in [2.75, 3.05) is 40.4 Å². The van der Waals surface area contributed by atoms with E-state index in [9.17, 15) is 0 Å². The lowest BCUT2D eigenvalue weighted by Crippen LogP contribution is -2.33. The molecule has 128 valence electrons. The maximum absolute atomic E-state index is 5.66. The monoisotopic (exact) mass is 327 g/mol. The lowest BCUT2D eigenvalue weighted by Gasteiger charge is -2.31. The largest absolute Gasteiger partial charge is 0.497 e. The number of benzene rings is 1. The highest BCUT2D eigenvalue weighted by molar-refractivity contribution is 5.45. The molecule has 1 saturated heterocycles. The summed E-state index contributed by atoms with van der Waals surface area (Å²) in [6.45, 7) is 4.06. The van der Waals surface area contributed by atoms with E-state index >= 15 is 0 Å². The molecule has 1 aromatic carbocycles. The maximum atomic E-state index is 5.66. The first-order chi connectivity index (χ1) is 11.8. The van der Waals surface area contributed by atoms with Gasteiger partial charge in [0.2, 0.25) is 0 Å². The molecular weight excluding hydrogens is 302 g/mol. The molecule has 0 amide bonds. The normalized spacial score (nSPS) is 17.1. The second kappa shape index (κ2) is 8.13. The molecule has 3 rings (SSSR count). The van der Waals surface area contributed by atoms with Gasteiger partial charge in [-0.15, -0.1) is 0 Å². The number of nitrogens with one attached hydrogen (secondary N) is 1. The maximum Gasteiger partial charge on any atom is 0.127 e. The Kier molecular flexibility index (Phi) is 5.67. The number of hydrogen-bond acceptors (Lipinski definition) is 5. The number of ether oxygens (including phenoxy) is 2. The van der Waals surface area contributed by atoms with Crippen LogP contribution in [0.15, 0.2) is 42.6 Å². The Labute approximate surface area is 143 Å². The minimum atomic E-state index is 0.0759. The van der Waals surface area contributed by atoms with E-state index in [1.165, 1.54) is 0 Å². The first-order valence-corrected chi connectivity index (χ1v) is 8.41. The van der Waals surface area contributed by atoms with Crippen molar-refractivity contribution >= 4 is 0 Å². The minimum absolute atomic E-state index is 0.0759. The molecule has 0 aliphatic carbocycles. The molecule has 1 aliphatic heterocycles. The number of aromatic nitrogens is 1. The second-order valence-electron chi connectivity index (χ2n) is 5.90. The van der Waals surface area contributed by atoms with E-state index in [4.69, 9.17) is 9.47 Å². The quantitative estimate of drug-likeness (QED) is 0.914. The fraction of sp³-hybridized carbons (Fsp3) is 0.421. The lowest BCUT2D eigenvalue weighted by molar-refractivity contribution is 0.232. The van der Waals surface area contributed by atoms with Gasteiger partial charge in [-0.25, -0.2) is 0 Å². The van der Waals surface area contributed by atoms with Gasteiger partial charge in [-0.3, -0.25) is 9.88 Å². The Morgan fingerprint density at radius 3 is 2.75 bits per heavy atom. The van der Waals surface area contributed by atoms with Crippen molar-refractivity contribution < 1.29 is 9.47 Å². The Morgan fingerprint density at radius 2 is 2.00 bits per heavy atom. The third kappa shape index (κ3) is 3.68. The summed E-state index contributed by atoms with van der Waals surface area (Å²) < 4.78 is 11.0. The molecule has 0 radical (unpaired) electrons. The molecule has 1 atom stereocenters. The molecule has 1 aliphatic rings. The van der Waals surface area contributed by atoms with Crippen molar-refractivity contribution in [3.05, 3.63) is 53.9 Å². The SMILES string of the molecule is COc1ccc(C(c2ccccn2)N2CCCNCC2)c(OC)c1. The predicted molar refractivity (Wildman–Crippen MR) is 94.7 cm³/mol. The third-order valence-corrected chi connectivity index (χ3v) is 4.44. The van der Waals surface area contributed by atoms with E-state index in [2.05, 4.69) is 27.3 Å². The number of hydrogen-bond donors (Lipinski definition) is 1. The Morgan fingerprint density at radius 1 is 1.08 bits per heavy atom. The standard InChI is InChI=1S/C19H25N3O2/c1-23-15-7-8-16(18(14-15)24-2)19(17-6-3-4-10-21-17)22-12-5-9-20-11-13-22/h3-4,6-8,10,14,19-20H,5,9,11-13H2,1-2H3. The van der Waals surface area contributed by atoms with Crippen LogP contribution < -0.4 is 14.8 Å². The van der Waals surface area contributed by atoms with Crippen molar-refractivity contribution in [2.45, 2.75) is 12.5 Å². The van der Waals surface area contributed by atoms with Gasteiger partial charge in [0.25, 0.3) is 0 Å². The van der Waals surface area contributed by atoms with Crippen molar-refractivity contribution in [1.29, 1.82) is 0 Å². The van der Waals surface area contributed by atoms with E-state index in [0.717, 1.165) is 55.4 Å². The van der Waals surface area contributed by atoms with Gasteiger partial charge in [-0.2, -0.15) is 0 Å². The molecule has 2 heterocycles. The molecule has 1 N–H and O–H groups in total. The fourth-order valence-electron chi connectivity index (χ4n) is 3.25. The lowest BCUT2D eigenvalue weighted by atomic mass is 9.99. The zero-order valence-electron chi connectivity index (χ0n) is 14.4. The zero-order chi connectivity index (χ0) is 16.8. The van der Waals surface area contributed by atoms with Crippen LogP contribution in [0, 0.1) is 0 Å². The number of nitrogens with zero attached hydrogens (tertiary/aromatic N) is 2. The van der Waals surface area contributed by atoms with E-state index in [1.54, 1.807) is 14.2 Å². The van der Waals surface area contributed by atoms with Crippen LogP contribution in [0.1, 0.15) is 23.7 Å². The van der Waals surface area contributed by atoms with Crippen molar-refractivity contribution in [3.63, 3.8) is 0 Å². The average Bonchev–Trinajstić information content (AvgIpc) is 2.92. The van der Waals surface area contributed by atoms with E-state index in [-0.39, 0.29) is 6.04 Å². The fourth-order valence-corrected chi connectivity index (χ4v) is 3.25. The Balaban J connectivity index is 2.04. The summed E-state index contributed by atoms with van der Waals surface area (Å²) in [6, 6.07) is 12.2. The smallest absolute Gasteiger partial charge is 0.127 e. The molecule has 1 fully saturated rings. The first-order valence-electron chi connectivity index (χ1n) is 8.41. The second-order valence-corrected chi connectivity index (χ2v) is 5.90. The third-order valence-electron chi connectivity index (χ3n) is 4.44.